The van der Waals surface area contributed by atoms with E-state index in [1.807, 2.05) is 0 Å². The summed E-state index contributed by atoms with van der Waals surface area (Å²) in [7, 11) is 0. The Kier molecular flexibility index (Phi) is 3.94. The second kappa shape index (κ2) is 5.83. The highest BCUT2D eigenvalue weighted by molar-refractivity contribution is 5.75. The average Bonchev–Trinajstić information content (AvgIpc) is 2.48. The Bertz CT molecular complexity index is 643. The zero-order valence-corrected chi connectivity index (χ0v) is 10.5. The molecule has 2 amide bonds. The summed E-state index contributed by atoms with van der Waals surface area (Å²) < 4.78 is 13.1. The molecule has 0 atom stereocenters. The number of aromatic nitrogens is 2. The molecule has 2 rings (SSSR count). The minimum Gasteiger partial charge on any atom is -0.297 e. The molecule has 8 heteroatoms. The van der Waals surface area contributed by atoms with E-state index in [2.05, 4.69) is 25.9 Å². The predicted octanol–water partition coefficient (Wildman–Crippen LogP) is 2.66. The van der Waals surface area contributed by atoms with E-state index < -0.39 is 11.8 Å². The molecular formula is C12H11FN6O. The van der Waals surface area contributed by atoms with Crippen LogP contribution < -0.4 is 10.9 Å². The van der Waals surface area contributed by atoms with Crippen molar-refractivity contribution in [2.45, 2.75) is 6.92 Å². The summed E-state index contributed by atoms with van der Waals surface area (Å²) in [5, 5.41) is 2.67. The number of anilines is 1. The molecule has 0 fully saturated rings. The molecule has 0 radical (unpaired) electrons. The Morgan fingerprint density at radius 2 is 2.05 bits per heavy atom. The van der Waals surface area contributed by atoms with Gasteiger partial charge in [0.1, 0.15) is 0 Å². The number of urea groups is 1. The third kappa shape index (κ3) is 3.10. The van der Waals surface area contributed by atoms with Gasteiger partial charge in [-0.3, -0.25) is 5.43 Å². The van der Waals surface area contributed by atoms with Crippen LogP contribution in [0, 0.1) is 18.3 Å². The number of carbonyl (C=O) groups excluding carboxylic acids is 1. The minimum absolute atomic E-state index is 0.279. The van der Waals surface area contributed by atoms with Gasteiger partial charge in [0.25, 0.3) is 0 Å². The van der Waals surface area contributed by atoms with Crippen molar-refractivity contribution in [2.75, 3.05) is 5.43 Å². The van der Waals surface area contributed by atoms with Crippen molar-refractivity contribution in [1.29, 1.82) is 5.53 Å². The number of carbonyl (C=O) groups is 1. The maximum absolute atomic E-state index is 13.1. The standard InChI is InChI=1S/C12H11FN6O/c1-7-10(13)6-15-11(16-7)8-2-4-9(5-3-8)18-19-12(20)17-14/h2-6,14,18H,1H3,(H,19,20). The summed E-state index contributed by atoms with van der Waals surface area (Å²) in [6, 6.07) is 6.01. The lowest BCUT2D eigenvalue weighted by Gasteiger charge is -2.06. The molecule has 0 saturated heterocycles. The number of amides is 2. The fourth-order valence-corrected chi connectivity index (χ4v) is 1.45. The number of benzene rings is 1. The highest BCUT2D eigenvalue weighted by Gasteiger charge is 2.05. The third-order valence-electron chi connectivity index (χ3n) is 2.48. The molecule has 1 aromatic carbocycles. The SMILES string of the molecule is Cc1nc(-c2ccc(NNC(=O)N=N)cc2)ncc1F. The molecule has 0 aliphatic heterocycles. The second-order valence-corrected chi connectivity index (χ2v) is 3.87. The van der Waals surface area contributed by atoms with Gasteiger partial charge >= 0.3 is 6.03 Å². The van der Waals surface area contributed by atoms with Crippen molar-refractivity contribution >= 4 is 11.7 Å². The number of nitrogens with zero attached hydrogens (tertiary/aromatic N) is 3. The lowest BCUT2D eigenvalue weighted by Crippen LogP contribution is -2.25. The van der Waals surface area contributed by atoms with Gasteiger partial charge in [-0.1, -0.05) is 5.11 Å². The fourth-order valence-electron chi connectivity index (χ4n) is 1.45. The quantitative estimate of drug-likeness (QED) is 0.591. The van der Waals surface area contributed by atoms with E-state index in [0.29, 0.717) is 11.5 Å². The second-order valence-electron chi connectivity index (χ2n) is 3.87. The lowest BCUT2D eigenvalue weighted by molar-refractivity contribution is 0.249. The lowest BCUT2D eigenvalue weighted by atomic mass is 10.2. The number of aryl methyl sites for hydroxylation is 1. The first-order valence-corrected chi connectivity index (χ1v) is 5.63. The van der Waals surface area contributed by atoms with E-state index in [1.54, 1.807) is 31.2 Å². The van der Waals surface area contributed by atoms with Crippen molar-refractivity contribution in [2.24, 2.45) is 5.11 Å². The van der Waals surface area contributed by atoms with Crippen LogP contribution >= 0.6 is 0 Å². The summed E-state index contributed by atoms with van der Waals surface area (Å²) in [5.74, 6) is -0.0328. The van der Waals surface area contributed by atoms with Crippen molar-refractivity contribution in [3.05, 3.63) is 42.0 Å². The molecule has 0 aliphatic rings. The van der Waals surface area contributed by atoms with Gasteiger partial charge in [0.2, 0.25) is 0 Å². The number of hydrogen-bond donors (Lipinski definition) is 3. The Labute approximate surface area is 113 Å². The molecule has 0 unspecified atom stereocenters. The van der Waals surface area contributed by atoms with Crippen molar-refractivity contribution < 1.29 is 9.18 Å². The van der Waals surface area contributed by atoms with Crippen LogP contribution in [0.2, 0.25) is 0 Å². The van der Waals surface area contributed by atoms with E-state index in [-0.39, 0.29) is 5.69 Å². The molecule has 1 aromatic heterocycles. The van der Waals surface area contributed by atoms with E-state index in [4.69, 9.17) is 5.53 Å². The van der Waals surface area contributed by atoms with Crippen LogP contribution in [-0.4, -0.2) is 16.0 Å². The van der Waals surface area contributed by atoms with Crippen molar-refractivity contribution in [1.82, 2.24) is 15.4 Å². The normalized spacial score (nSPS) is 9.90. The zero-order chi connectivity index (χ0) is 14.5. The first-order chi connectivity index (χ1) is 9.60. The van der Waals surface area contributed by atoms with Gasteiger partial charge in [-0.05, 0) is 31.2 Å². The Balaban J connectivity index is 2.13. The van der Waals surface area contributed by atoms with Crippen LogP contribution in [-0.2, 0) is 0 Å². The third-order valence-corrected chi connectivity index (χ3v) is 2.48. The largest absolute Gasteiger partial charge is 0.377 e. The summed E-state index contributed by atoms with van der Waals surface area (Å²) in [5.41, 5.74) is 12.9. The molecule has 7 nitrogen and oxygen atoms in total. The molecule has 3 N–H and O–H groups in total. The van der Waals surface area contributed by atoms with Gasteiger partial charge in [-0.25, -0.2) is 24.6 Å². The first kappa shape index (κ1) is 13.5. The monoisotopic (exact) mass is 274 g/mol. The minimum atomic E-state index is -0.799. The van der Waals surface area contributed by atoms with Gasteiger partial charge in [-0.15, -0.1) is 0 Å². The zero-order valence-electron chi connectivity index (χ0n) is 10.5. The van der Waals surface area contributed by atoms with Gasteiger partial charge in [0, 0.05) is 5.56 Å². The van der Waals surface area contributed by atoms with Gasteiger partial charge < -0.3 is 0 Å². The molecule has 20 heavy (non-hydrogen) atoms. The van der Waals surface area contributed by atoms with E-state index in [0.717, 1.165) is 11.8 Å². The van der Waals surface area contributed by atoms with Gasteiger partial charge in [0.05, 0.1) is 17.6 Å². The van der Waals surface area contributed by atoms with E-state index >= 15 is 0 Å². The molecule has 102 valence electrons. The topological polar surface area (TPSA) is 103 Å². The Hall–Kier alpha value is -2.90. The Morgan fingerprint density at radius 1 is 1.35 bits per heavy atom. The molecule has 0 bridgehead atoms. The predicted molar refractivity (Wildman–Crippen MR) is 69.5 cm³/mol. The molecule has 0 aliphatic carbocycles. The maximum Gasteiger partial charge on any atom is 0.377 e. The van der Waals surface area contributed by atoms with Crippen LogP contribution in [0.15, 0.2) is 35.6 Å². The summed E-state index contributed by atoms with van der Waals surface area (Å²) >= 11 is 0. The van der Waals surface area contributed by atoms with Crippen LogP contribution in [0.1, 0.15) is 5.69 Å². The molecule has 1 heterocycles. The van der Waals surface area contributed by atoms with Crippen LogP contribution in [0.25, 0.3) is 11.4 Å². The molecule has 0 spiro atoms. The van der Waals surface area contributed by atoms with E-state index in [9.17, 15) is 9.18 Å². The summed E-state index contributed by atoms with van der Waals surface area (Å²) in [6.45, 7) is 1.57. The van der Waals surface area contributed by atoms with Crippen molar-refractivity contribution in [3.63, 3.8) is 0 Å². The molecular weight excluding hydrogens is 263 g/mol. The highest BCUT2D eigenvalue weighted by Crippen LogP contribution is 2.18. The highest BCUT2D eigenvalue weighted by atomic mass is 19.1. The number of rotatable bonds is 3. The Morgan fingerprint density at radius 3 is 2.65 bits per heavy atom. The number of halogens is 1. The first-order valence-electron chi connectivity index (χ1n) is 5.63. The summed E-state index contributed by atoms with van der Waals surface area (Å²) in [4.78, 5) is 18.7. The summed E-state index contributed by atoms with van der Waals surface area (Å²) in [6.07, 6.45) is 1.12. The molecule has 0 saturated carbocycles. The number of hydrazine groups is 1. The maximum atomic E-state index is 13.1. The van der Waals surface area contributed by atoms with Crippen LogP contribution in [0.4, 0.5) is 14.9 Å². The van der Waals surface area contributed by atoms with Gasteiger partial charge in [0.15, 0.2) is 11.6 Å². The van der Waals surface area contributed by atoms with E-state index in [1.165, 1.54) is 0 Å². The van der Waals surface area contributed by atoms with Gasteiger partial charge in [-0.2, -0.15) is 5.53 Å². The average molecular weight is 274 g/mol. The van der Waals surface area contributed by atoms with Crippen LogP contribution in [0.3, 0.4) is 0 Å². The molecule has 2 aromatic rings. The smallest absolute Gasteiger partial charge is 0.297 e. The number of nitrogens with one attached hydrogen (secondary N) is 3. The van der Waals surface area contributed by atoms with Crippen LogP contribution in [0.5, 0.6) is 0 Å². The fraction of sp³-hybridized carbons (Fsp3) is 0.0833. The van der Waals surface area contributed by atoms with Crippen molar-refractivity contribution in [3.8, 4) is 11.4 Å². The number of hydrogen-bond acceptors (Lipinski definition) is 5.